The fraction of sp³-hybridized carbons (Fsp3) is 0.0526. The Morgan fingerprint density at radius 3 is 1.81 bits per heavy atom. The Morgan fingerprint density at radius 1 is 0.630 bits per heavy atom. The summed E-state index contributed by atoms with van der Waals surface area (Å²) in [6.45, 7) is 3.81. The smallest absolute Gasteiger partial charge is 0.265 e. The van der Waals surface area contributed by atoms with E-state index in [0.29, 0.717) is 48.4 Å². The first-order valence-corrected chi connectivity index (χ1v) is 17.8. The van der Waals surface area contributed by atoms with E-state index in [-0.39, 0.29) is 30.1 Å². The molecular formula is C38H31ClN10O3S2. The van der Waals surface area contributed by atoms with Crippen LogP contribution < -0.4 is 21.7 Å². The van der Waals surface area contributed by atoms with Crippen molar-refractivity contribution in [1.29, 1.82) is 0 Å². The van der Waals surface area contributed by atoms with Crippen molar-refractivity contribution in [2.45, 2.75) is 13.8 Å². The molecule has 0 saturated carbocycles. The molecule has 0 fully saturated rings. The monoisotopic (exact) mass is 774 g/mol. The minimum absolute atomic E-state index is 0. The SMILES string of the molecule is Cc1ccc(N)cc1NC(=O)c1cc2nccnc2s1.Cc1ccc(NC(=O)c2cccc(-n3cccn3)c2)cc1NC(=O)c1cc2nccnc2s1.Cl. The normalized spacial score (nSPS) is 10.6. The molecule has 8 rings (SSSR count). The molecule has 0 saturated heterocycles. The van der Waals surface area contributed by atoms with E-state index in [9.17, 15) is 14.4 Å². The number of carbonyl (C=O) groups is 3. The fourth-order valence-electron chi connectivity index (χ4n) is 5.16. The molecule has 3 aromatic carbocycles. The Kier molecular flexibility index (Phi) is 11.3. The summed E-state index contributed by atoms with van der Waals surface area (Å²) in [4.78, 5) is 57.2. The molecule has 3 amide bonds. The lowest BCUT2D eigenvalue weighted by atomic mass is 10.1. The van der Waals surface area contributed by atoms with Crippen molar-refractivity contribution < 1.29 is 14.4 Å². The van der Waals surface area contributed by atoms with Crippen molar-refractivity contribution in [3.8, 4) is 5.69 Å². The molecule has 0 bridgehead atoms. The number of halogens is 1. The zero-order chi connectivity index (χ0) is 36.9. The van der Waals surface area contributed by atoms with Gasteiger partial charge in [0.2, 0.25) is 0 Å². The number of nitrogen functional groups attached to an aromatic ring is 1. The van der Waals surface area contributed by atoms with Gasteiger partial charge in [-0.3, -0.25) is 24.4 Å². The number of hydrogen-bond acceptors (Lipinski definition) is 11. The largest absolute Gasteiger partial charge is 0.399 e. The van der Waals surface area contributed by atoms with Crippen LogP contribution in [0.4, 0.5) is 22.7 Å². The minimum Gasteiger partial charge on any atom is -0.399 e. The lowest BCUT2D eigenvalue weighted by molar-refractivity contribution is 0.102. The Hall–Kier alpha value is -6.55. The van der Waals surface area contributed by atoms with Gasteiger partial charge in [0, 0.05) is 65.5 Å². The summed E-state index contributed by atoms with van der Waals surface area (Å²) in [6, 6.07) is 23.3. The van der Waals surface area contributed by atoms with Crippen LogP contribution in [0.3, 0.4) is 0 Å². The minimum atomic E-state index is -0.258. The van der Waals surface area contributed by atoms with Crippen LogP contribution >= 0.6 is 35.1 Å². The Balaban J connectivity index is 0.000000203. The van der Waals surface area contributed by atoms with E-state index in [4.69, 9.17) is 5.73 Å². The van der Waals surface area contributed by atoms with E-state index >= 15 is 0 Å². The van der Waals surface area contributed by atoms with E-state index in [1.165, 1.54) is 22.7 Å². The van der Waals surface area contributed by atoms with Crippen molar-refractivity contribution in [3.05, 3.63) is 142 Å². The number of aromatic nitrogens is 6. The number of nitrogens with one attached hydrogen (secondary N) is 3. The summed E-state index contributed by atoms with van der Waals surface area (Å²) in [6.07, 6.45) is 9.91. The third-order valence-corrected chi connectivity index (χ3v) is 9.97. The van der Waals surface area contributed by atoms with E-state index in [1.54, 1.807) is 90.3 Å². The number of amides is 3. The van der Waals surface area contributed by atoms with Gasteiger partial charge in [-0.2, -0.15) is 5.10 Å². The number of fused-ring (bicyclic) bond motifs is 2. The molecule has 5 heterocycles. The van der Waals surface area contributed by atoms with Gasteiger partial charge in [0.1, 0.15) is 20.7 Å². The number of anilines is 4. The van der Waals surface area contributed by atoms with Crippen LogP contribution in [-0.4, -0.2) is 47.4 Å². The van der Waals surface area contributed by atoms with Gasteiger partial charge in [-0.15, -0.1) is 35.1 Å². The van der Waals surface area contributed by atoms with Gasteiger partial charge in [-0.25, -0.2) is 14.6 Å². The summed E-state index contributed by atoms with van der Waals surface area (Å²) < 4.78 is 1.69. The maximum Gasteiger partial charge on any atom is 0.265 e. The van der Waals surface area contributed by atoms with Crippen LogP contribution in [0.2, 0.25) is 0 Å². The lowest BCUT2D eigenvalue weighted by Crippen LogP contribution is -2.14. The summed E-state index contributed by atoms with van der Waals surface area (Å²) in [5.74, 6) is -0.686. The molecule has 54 heavy (non-hydrogen) atoms. The van der Waals surface area contributed by atoms with Crippen LogP contribution in [-0.2, 0) is 0 Å². The third kappa shape index (κ3) is 8.56. The van der Waals surface area contributed by atoms with E-state index in [0.717, 1.165) is 27.2 Å². The molecule has 5 N–H and O–H groups in total. The van der Waals surface area contributed by atoms with Gasteiger partial charge in [-0.1, -0.05) is 18.2 Å². The second kappa shape index (κ2) is 16.4. The molecular weight excluding hydrogens is 744 g/mol. The number of hydrogen-bond donors (Lipinski definition) is 4. The highest BCUT2D eigenvalue weighted by Crippen LogP contribution is 2.27. The Bertz CT molecular complexity index is 2560. The van der Waals surface area contributed by atoms with E-state index < -0.39 is 0 Å². The van der Waals surface area contributed by atoms with Crippen LogP contribution in [0.5, 0.6) is 0 Å². The van der Waals surface area contributed by atoms with Crippen LogP contribution in [0, 0.1) is 13.8 Å². The molecule has 8 aromatic rings. The predicted molar refractivity (Wildman–Crippen MR) is 216 cm³/mol. The number of thiophene rings is 2. The van der Waals surface area contributed by atoms with E-state index in [1.807, 2.05) is 44.3 Å². The molecule has 0 aliphatic rings. The van der Waals surface area contributed by atoms with Crippen LogP contribution in [0.15, 0.2) is 116 Å². The lowest BCUT2D eigenvalue weighted by Gasteiger charge is -2.12. The van der Waals surface area contributed by atoms with Crippen molar-refractivity contribution >= 4 is 96.2 Å². The van der Waals surface area contributed by atoms with Crippen molar-refractivity contribution in [2.24, 2.45) is 0 Å². The molecule has 16 heteroatoms. The highest BCUT2D eigenvalue weighted by Gasteiger charge is 2.15. The first-order chi connectivity index (χ1) is 25.7. The fourth-order valence-corrected chi connectivity index (χ4v) is 6.86. The van der Waals surface area contributed by atoms with Crippen molar-refractivity contribution in [2.75, 3.05) is 21.7 Å². The average Bonchev–Trinajstić information content (AvgIpc) is 3.95. The quantitative estimate of drug-likeness (QED) is 0.117. The third-order valence-electron chi connectivity index (χ3n) is 7.91. The second-order valence-corrected chi connectivity index (χ2v) is 13.7. The molecule has 0 aliphatic heterocycles. The van der Waals surface area contributed by atoms with Gasteiger partial charge in [0.15, 0.2) is 0 Å². The highest BCUT2D eigenvalue weighted by molar-refractivity contribution is 7.20. The van der Waals surface area contributed by atoms with Gasteiger partial charge in [0.05, 0.1) is 15.4 Å². The molecule has 0 aliphatic carbocycles. The molecule has 0 atom stereocenters. The standard InChI is InChI=1S/C24H18N6O2S.C14H12N4OS.ClH/c1-15-6-7-17(28-22(31)16-4-2-5-18(12-16)30-11-3-8-27-30)13-19(15)29-23(32)21-14-20-24(33-21)26-10-9-25-20;1-8-2-3-9(15)6-10(8)18-13(19)12-7-11-14(20-12)17-5-4-16-11;/h2-14H,1H3,(H,28,31)(H,29,32);2-7H,15H2,1H3,(H,18,19);1H. The van der Waals surface area contributed by atoms with Crippen LogP contribution in [0.1, 0.15) is 40.8 Å². The molecule has 0 spiro atoms. The van der Waals surface area contributed by atoms with Gasteiger partial charge in [-0.05, 0) is 85.6 Å². The van der Waals surface area contributed by atoms with Crippen LogP contribution in [0.25, 0.3) is 26.4 Å². The van der Waals surface area contributed by atoms with Gasteiger partial charge < -0.3 is 21.7 Å². The van der Waals surface area contributed by atoms with E-state index in [2.05, 4.69) is 41.0 Å². The number of nitrogens with zero attached hydrogens (tertiary/aromatic N) is 6. The second-order valence-electron chi connectivity index (χ2n) is 11.7. The zero-order valence-electron chi connectivity index (χ0n) is 28.7. The van der Waals surface area contributed by atoms with Crippen molar-refractivity contribution in [3.63, 3.8) is 0 Å². The number of aryl methyl sites for hydroxylation is 2. The summed E-state index contributed by atoms with van der Waals surface area (Å²) in [5.41, 5.74) is 12.8. The number of carbonyl (C=O) groups excluding carboxylic acids is 3. The molecule has 270 valence electrons. The maximum absolute atomic E-state index is 12.8. The topological polar surface area (TPSA) is 183 Å². The number of rotatable bonds is 7. The average molecular weight is 775 g/mol. The Morgan fingerprint density at radius 2 is 1.22 bits per heavy atom. The molecule has 13 nitrogen and oxygen atoms in total. The highest BCUT2D eigenvalue weighted by atomic mass is 35.5. The first-order valence-electron chi connectivity index (χ1n) is 16.1. The molecule has 0 unspecified atom stereocenters. The molecule has 0 radical (unpaired) electrons. The summed E-state index contributed by atoms with van der Waals surface area (Å²) in [7, 11) is 0. The Labute approximate surface area is 322 Å². The number of benzene rings is 3. The predicted octanol–water partition coefficient (Wildman–Crippen LogP) is 7.95. The van der Waals surface area contributed by atoms with Gasteiger partial charge in [0.25, 0.3) is 17.7 Å². The number of nitrogens with two attached hydrogens (primary N) is 1. The molecule has 5 aromatic heterocycles. The van der Waals surface area contributed by atoms with Crippen molar-refractivity contribution in [1.82, 2.24) is 29.7 Å². The summed E-state index contributed by atoms with van der Waals surface area (Å²) >= 11 is 2.60. The first kappa shape index (κ1) is 37.2. The summed E-state index contributed by atoms with van der Waals surface area (Å²) in [5, 5.41) is 12.9. The van der Waals surface area contributed by atoms with Gasteiger partial charge >= 0.3 is 0 Å². The maximum atomic E-state index is 12.8. The zero-order valence-corrected chi connectivity index (χ0v) is 31.1.